The van der Waals surface area contributed by atoms with Crippen molar-refractivity contribution >= 4 is 11.9 Å². The number of aromatic carboxylic acids is 1. The molecule has 0 aliphatic heterocycles. The highest BCUT2D eigenvalue weighted by molar-refractivity contribution is 5.88. The number of carbonyl (C=O) groups is 2. The van der Waals surface area contributed by atoms with Crippen LogP contribution in [0.2, 0.25) is 0 Å². The van der Waals surface area contributed by atoms with Gasteiger partial charge in [-0.15, -0.1) is 0 Å². The van der Waals surface area contributed by atoms with Gasteiger partial charge in [-0.25, -0.2) is 4.79 Å². The Hall–Kier alpha value is -1.84. The van der Waals surface area contributed by atoms with Gasteiger partial charge in [-0.3, -0.25) is 4.79 Å². The number of nitrogens with two attached hydrogens (primary N) is 1. The highest BCUT2D eigenvalue weighted by Gasteiger charge is 2.15. The largest absolute Gasteiger partial charge is 0.478 e. The van der Waals surface area contributed by atoms with Gasteiger partial charge in [0.1, 0.15) is 0 Å². The molecule has 4 nitrogen and oxygen atoms in total. The second-order valence-corrected chi connectivity index (χ2v) is 3.29. The van der Waals surface area contributed by atoms with Crippen molar-refractivity contribution in [2.75, 3.05) is 0 Å². The molecule has 1 atom stereocenters. The van der Waals surface area contributed by atoms with E-state index in [1.54, 1.807) is 12.1 Å². The first-order valence-corrected chi connectivity index (χ1v) is 4.68. The van der Waals surface area contributed by atoms with E-state index in [4.69, 9.17) is 10.8 Å². The Labute approximate surface area is 87.7 Å². The first-order valence-electron chi connectivity index (χ1n) is 4.68. The van der Waals surface area contributed by atoms with E-state index in [1.807, 2.05) is 6.92 Å². The van der Waals surface area contributed by atoms with Crippen LogP contribution in [0.1, 0.15) is 35.2 Å². The summed E-state index contributed by atoms with van der Waals surface area (Å²) in [4.78, 5) is 21.6. The van der Waals surface area contributed by atoms with Crippen LogP contribution in [0.5, 0.6) is 0 Å². The molecule has 0 fully saturated rings. The lowest BCUT2D eigenvalue weighted by Crippen LogP contribution is -2.20. The summed E-state index contributed by atoms with van der Waals surface area (Å²) < 4.78 is 0. The molecule has 80 valence electrons. The van der Waals surface area contributed by atoms with Gasteiger partial charge < -0.3 is 10.8 Å². The monoisotopic (exact) mass is 207 g/mol. The van der Waals surface area contributed by atoms with E-state index in [9.17, 15) is 9.59 Å². The van der Waals surface area contributed by atoms with Gasteiger partial charge in [-0.1, -0.05) is 19.1 Å². The summed E-state index contributed by atoms with van der Waals surface area (Å²) in [6.07, 6.45) is 0.613. The Bertz CT molecular complexity index is 370. The summed E-state index contributed by atoms with van der Waals surface area (Å²) in [5.74, 6) is -1.71. The smallest absolute Gasteiger partial charge is 0.335 e. The highest BCUT2D eigenvalue weighted by Crippen LogP contribution is 2.19. The number of carboxylic acids is 1. The fourth-order valence-electron chi connectivity index (χ4n) is 1.46. The molecule has 0 heterocycles. The number of carbonyl (C=O) groups excluding carboxylic acids is 1. The van der Waals surface area contributed by atoms with Gasteiger partial charge in [-0.2, -0.15) is 0 Å². The first-order chi connectivity index (χ1) is 7.06. The van der Waals surface area contributed by atoms with Gasteiger partial charge >= 0.3 is 5.97 Å². The lowest BCUT2D eigenvalue weighted by molar-refractivity contribution is -0.119. The number of primary amides is 1. The SMILES string of the molecule is CCC(C(N)=O)c1ccc(C(=O)O)cc1. The van der Waals surface area contributed by atoms with Gasteiger partial charge in [0.15, 0.2) is 0 Å². The summed E-state index contributed by atoms with van der Waals surface area (Å²) in [5, 5.41) is 8.69. The Balaban J connectivity index is 2.97. The van der Waals surface area contributed by atoms with Crippen molar-refractivity contribution in [3.05, 3.63) is 35.4 Å². The van der Waals surface area contributed by atoms with Crippen molar-refractivity contribution in [1.29, 1.82) is 0 Å². The average molecular weight is 207 g/mol. The number of hydrogen-bond acceptors (Lipinski definition) is 2. The fourth-order valence-corrected chi connectivity index (χ4v) is 1.46. The summed E-state index contributed by atoms with van der Waals surface area (Å²) in [6.45, 7) is 1.86. The molecule has 3 N–H and O–H groups in total. The minimum absolute atomic E-state index is 0.207. The molecule has 1 unspecified atom stereocenters. The zero-order valence-corrected chi connectivity index (χ0v) is 8.43. The normalized spacial score (nSPS) is 12.1. The highest BCUT2D eigenvalue weighted by atomic mass is 16.4. The molecule has 1 rings (SSSR count). The zero-order chi connectivity index (χ0) is 11.4. The van der Waals surface area contributed by atoms with Crippen LogP contribution >= 0.6 is 0 Å². The maximum atomic E-state index is 11.1. The second-order valence-electron chi connectivity index (χ2n) is 3.29. The maximum Gasteiger partial charge on any atom is 0.335 e. The number of hydrogen-bond donors (Lipinski definition) is 2. The zero-order valence-electron chi connectivity index (χ0n) is 8.43. The standard InChI is InChI=1S/C11H13NO3/c1-2-9(10(12)13)7-3-5-8(6-4-7)11(14)15/h3-6,9H,2H2,1H3,(H2,12,13)(H,14,15). The lowest BCUT2D eigenvalue weighted by atomic mass is 9.95. The molecule has 0 aliphatic rings. The number of amides is 1. The van der Waals surface area contributed by atoms with E-state index in [2.05, 4.69) is 0 Å². The van der Waals surface area contributed by atoms with Gasteiger partial charge in [0, 0.05) is 0 Å². The number of carboxylic acid groups (broad SMARTS) is 1. The topological polar surface area (TPSA) is 80.4 Å². The molecule has 1 amide bonds. The van der Waals surface area contributed by atoms with E-state index in [-0.39, 0.29) is 17.4 Å². The summed E-state index contributed by atoms with van der Waals surface area (Å²) in [6, 6.07) is 6.21. The molecule has 0 saturated heterocycles. The molecule has 1 aromatic carbocycles. The van der Waals surface area contributed by atoms with Crippen molar-refractivity contribution in [2.45, 2.75) is 19.3 Å². The van der Waals surface area contributed by atoms with Crippen molar-refractivity contribution in [3.63, 3.8) is 0 Å². The van der Waals surface area contributed by atoms with Crippen molar-refractivity contribution in [2.24, 2.45) is 5.73 Å². The third-order valence-electron chi connectivity index (χ3n) is 2.31. The third-order valence-corrected chi connectivity index (χ3v) is 2.31. The Morgan fingerprint density at radius 2 is 1.87 bits per heavy atom. The minimum atomic E-state index is -0.978. The molecule has 0 radical (unpaired) electrons. The predicted molar refractivity (Wildman–Crippen MR) is 55.6 cm³/mol. The van der Waals surface area contributed by atoms with E-state index in [0.717, 1.165) is 5.56 Å². The lowest BCUT2D eigenvalue weighted by Gasteiger charge is -2.10. The Morgan fingerprint density at radius 1 is 1.33 bits per heavy atom. The molecule has 4 heteroatoms. The van der Waals surface area contributed by atoms with E-state index in [1.165, 1.54) is 12.1 Å². The van der Waals surface area contributed by atoms with E-state index >= 15 is 0 Å². The van der Waals surface area contributed by atoms with Crippen molar-refractivity contribution in [3.8, 4) is 0 Å². The molecule has 1 aromatic rings. The molecular formula is C11H13NO3. The van der Waals surface area contributed by atoms with Gasteiger partial charge in [-0.05, 0) is 24.1 Å². The van der Waals surface area contributed by atoms with E-state index in [0.29, 0.717) is 6.42 Å². The minimum Gasteiger partial charge on any atom is -0.478 e. The Kier molecular flexibility index (Phi) is 3.44. The first kappa shape index (κ1) is 11.2. The van der Waals surface area contributed by atoms with Gasteiger partial charge in [0.25, 0.3) is 0 Å². The van der Waals surface area contributed by atoms with Gasteiger partial charge in [0.2, 0.25) is 5.91 Å². The third kappa shape index (κ3) is 2.56. The molecule has 15 heavy (non-hydrogen) atoms. The van der Waals surface area contributed by atoms with E-state index < -0.39 is 5.97 Å². The maximum absolute atomic E-state index is 11.1. The molecule has 0 bridgehead atoms. The average Bonchev–Trinajstić information content (AvgIpc) is 2.19. The summed E-state index contributed by atoms with van der Waals surface area (Å²) in [5.41, 5.74) is 6.19. The second kappa shape index (κ2) is 4.59. The van der Waals surface area contributed by atoms with Crippen LogP contribution < -0.4 is 5.73 Å². The van der Waals surface area contributed by atoms with Crippen LogP contribution in [0.25, 0.3) is 0 Å². The van der Waals surface area contributed by atoms with Crippen LogP contribution in [-0.2, 0) is 4.79 Å². The predicted octanol–water partition coefficient (Wildman–Crippen LogP) is 1.36. The van der Waals surface area contributed by atoms with Crippen LogP contribution in [0.15, 0.2) is 24.3 Å². The van der Waals surface area contributed by atoms with Crippen molar-refractivity contribution in [1.82, 2.24) is 0 Å². The number of rotatable bonds is 4. The molecule has 0 aliphatic carbocycles. The number of benzene rings is 1. The van der Waals surface area contributed by atoms with Crippen LogP contribution in [0.3, 0.4) is 0 Å². The van der Waals surface area contributed by atoms with Crippen LogP contribution in [0, 0.1) is 0 Å². The summed E-state index contributed by atoms with van der Waals surface area (Å²) in [7, 11) is 0. The molecule has 0 spiro atoms. The van der Waals surface area contributed by atoms with Gasteiger partial charge in [0.05, 0.1) is 11.5 Å². The Morgan fingerprint density at radius 3 is 2.20 bits per heavy atom. The molecular weight excluding hydrogens is 194 g/mol. The molecule has 0 saturated carbocycles. The molecule has 0 aromatic heterocycles. The fraction of sp³-hybridized carbons (Fsp3) is 0.273. The van der Waals surface area contributed by atoms with Crippen molar-refractivity contribution < 1.29 is 14.7 Å². The quantitative estimate of drug-likeness (QED) is 0.782. The van der Waals surface area contributed by atoms with Crippen LogP contribution in [-0.4, -0.2) is 17.0 Å². The summed E-state index contributed by atoms with van der Waals surface area (Å²) >= 11 is 0. The van der Waals surface area contributed by atoms with Crippen LogP contribution in [0.4, 0.5) is 0 Å².